The van der Waals surface area contributed by atoms with Gasteiger partial charge in [-0.25, -0.2) is 4.98 Å². The lowest BCUT2D eigenvalue weighted by Gasteiger charge is -2.22. The lowest BCUT2D eigenvalue weighted by atomic mass is 10.3. The third-order valence-electron chi connectivity index (χ3n) is 2.87. The van der Waals surface area contributed by atoms with Gasteiger partial charge in [0, 0.05) is 13.1 Å². The second kappa shape index (κ2) is 5.75. The smallest absolute Gasteiger partial charge is 0.108 e. The summed E-state index contributed by atoms with van der Waals surface area (Å²) in [5.41, 5.74) is 1.08. The van der Waals surface area contributed by atoms with E-state index in [-0.39, 0.29) is 6.10 Å². The zero-order valence-electron chi connectivity index (χ0n) is 10.1. The number of thiazole rings is 1. The van der Waals surface area contributed by atoms with E-state index in [2.05, 4.69) is 16.4 Å². The Balaban J connectivity index is 1.53. The largest absolute Gasteiger partial charge is 0.376 e. The monoisotopic (exact) mass is 264 g/mol. The molecule has 5 heteroatoms. The fourth-order valence-electron chi connectivity index (χ4n) is 1.99. The predicted molar refractivity (Wildman–Crippen MR) is 71.9 cm³/mol. The van der Waals surface area contributed by atoms with E-state index in [9.17, 15) is 0 Å². The molecule has 1 aliphatic heterocycles. The summed E-state index contributed by atoms with van der Waals surface area (Å²) in [6.07, 6.45) is 0.174. The van der Waals surface area contributed by atoms with Crippen LogP contribution in [0, 0.1) is 0 Å². The Bertz CT molecular complexity index is 475. The van der Waals surface area contributed by atoms with Gasteiger partial charge in [0.05, 0.1) is 36.1 Å². The van der Waals surface area contributed by atoms with Gasteiger partial charge in [-0.1, -0.05) is 12.1 Å². The van der Waals surface area contributed by atoms with E-state index in [1.54, 1.807) is 11.3 Å². The molecule has 1 aromatic carbocycles. The Morgan fingerprint density at radius 2 is 2.28 bits per heavy atom. The number of para-hydroxylation sites is 1. The summed E-state index contributed by atoms with van der Waals surface area (Å²) in [7, 11) is 0. The van der Waals surface area contributed by atoms with Crippen LogP contribution in [0.15, 0.2) is 24.3 Å². The van der Waals surface area contributed by atoms with Crippen LogP contribution in [0.2, 0.25) is 0 Å². The second-order valence-electron chi connectivity index (χ2n) is 4.27. The summed E-state index contributed by atoms with van der Waals surface area (Å²) in [6.45, 7) is 3.71. The summed E-state index contributed by atoms with van der Waals surface area (Å²) in [6, 6.07) is 8.22. The van der Waals surface area contributed by atoms with Gasteiger partial charge in [-0.3, -0.25) is 0 Å². The fraction of sp³-hybridized carbons (Fsp3) is 0.462. The lowest BCUT2D eigenvalue weighted by Crippen LogP contribution is -2.37. The molecule has 0 bridgehead atoms. The van der Waals surface area contributed by atoms with Crippen LogP contribution in [-0.4, -0.2) is 37.5 Å². The van der Waals surface area contributed by atoms with E-state index in [1.807, 2.05) is 18.2 Å². The average molecular weight is 264 g/mol. The maximum Gasteiger partial charge on any atom is 0.108 e. The third-order valence-corrected chi connectivity index (χ3v) is 3.91. The minimum absolute atomic E-state index is 0.174. The Hall–Kier alpha value is -1.01. The van der Waals surface area contributed by atoms with E-state index >= 15 is 0 Å². The number of rotatable bonds is 4. The highest BCUT2D eigenvalue weighted by Crippen LogP contribution is 2.21. The molecule has 0 amide bonds. The van der Waals surface area contributed by atoms with Crippen molar-refractivity contribution in [2.45, 2.75) is 12.6 Å². The molecule has 2 heterocycles. The second-order valence-corrected chi connectivity index (χ2v) is 5.39. The molecule has 1 atom stereocenters. The standard InChI is InChI=1S/C13H16N2O2S/c1-2-4-12-11(3-1)15-13(18-12)8-14-7-10-9-16-5-6-17-10/h1-4,10,14H,5-9H2. The fourth-order valence-corrected chi connectivity index (χ4v) is 2.93. The molecule has 1 aliphatic rings. The topological polar surface area (TPSA) is 43.4 Å². The first-order valence-electron chi connectivity index (χ1n) is 6.16. The number of ether oxygens (including phenoxy) is 2. The van der Waals surface area contributed by atoms with Crippen LogP contribution in [0.4, 0.5) is 0 Å². The number of nitrogens with one attached hydrogen (secondary N) is 1. The number of aromatic nitrogens is 1. The summed E-state index contributed by atoms with van der Waals surface area (Å²) < 4.78 is 12.2. The molecule has 18 heavy (non-hydrogen) atoms. The van der Waals surface area contributed by atoms with E-state index in [4.69, 9.17) is 9.47 Å². The molecule has 0 saturated carbocycles. The normalized spacial score (nSPS) is 20.3. The van der Waals surface area contributed by atoms with Crippen molar-refractivity contribution in [2.24, 2.45) is 0 Å². The molecule has 1 saturated heterocycles. The van der Waals surface area contributed by atoms with Crippen molar-refractivity contribution in [3.8, 4) is 0 Å². The van der Waals surface area contributed by atoms with E-state index in [0.717, 1.165) is 23.6 Å². The van der Waals surface area contributed by atoms with Gasteiger partial charge in [0.1, 0.15) is 5.01 Å². The highest BCUT2D eigenvalue weighted by molar-refractivity contribution is 7.18. The molecule has 0 radical (unpaired) electrons. The van der Waals surface area contributed by atoms with Crippen LogP contribution in [0.5, 0.6) is 0 Å². The van der Waals surface area contributed by atoms with Crippen molar-refractivity contribution in [3.63, 3.8) is 0 Å². The SMILES string of the molecule is c1ccc2sc(CNCC3COCCO3)nc2c1. The van der Waals surface area contributed by atoms with Crippen molar-refractivity contribution in [1.82, 2.24) is 10.3 Å². The molecule has 1 unspecified atom stereocenters. The predicted octanol–water partition coefficient (Wildman–Crippen LogP) is 1.80. The molecule has 4 nitrogen and oxygen atoms in total. The molecule has 2 aromatic rings. The number of fused-ring (bicyclic) bond motifs is 1. The van der Waals surface area contributed by atoms with Crippen molar-refractivity contribution >= 4 is 21.6 Å². The van der Waals surface area contributed by atoms with E-state index < -0.39 is 0 Å². The molecule has 0 aliphatic carbocycles. The minimum atomic E-state index is 0.174. The van der Waals surface area contributed by atoms with Gasteiger partial charge in [0.2, 0.25) is 0 Å². The summed E-state index contributed by atoms with van der Waals surface area (Å²) in [4.78, 5) is 4.58. The Morgan fingerprint density at radius 3 is 3.11 bits per heavy atom. The average Bonchev–Trinajstić information content (AvgIpc) is 2.82. The van der Waals surface area contributed by atoms with Gasteiger partial charge in [-0.05, 0) is 12.1 Å². The van der Waals surface area contributed by atoms with E-state index in [1.165, 1.54) is 4.70 Å². The van der Waals surface area contributed by atoms with Crippen molar-refractivity contribution in [2.75, 3.05) is 26.4 Å². The first-order valence-corrected chi connectivity index (χ1v) is 6.98. The Kier molecular flexibility index (Phi) is 3.85. The number of hydrogen-bond acceptors (Lipinski definition) is 5. The van der Waals surface area contributed by atoms with Crippen molar-refractivity contribution in [3.05, 3.63) is 29.3 Å². The van der Waals surface area contributed by atoms with Gasteiger partial charge in [0.25, 0.3) is 0 Å². The van der Waals surface area contributed by atoms with Crippen LogP contribution >= 0.6 is 11.3 Å². The molecular weight excluding hydrogens is 248 g/mol. The maximum atomic E-state index is 5.57. The molecule has 1 fully saturated rings. The minimum Gasteiger partial charge on any atom is -0.376 e. The first-order chi connectivity index (χ1) is 8.92. The Labute approximate surface area is 110 Å². The maximum absolute atomic E-state index is 5.57. The van der Waals surface area contributed by atoms with Gasteiger partial charge in [0.15, 0.2) is 0 Å². The number of hydrogen-bond donors (Lipinski definition) is 1. The number of nitrogens with zero attached hydrogens (tertiary/aromatic N) is 1. The van der Waals surface area contributed by atoms with Crippen molar-refractivity contribution in [1.29, 1.82) is 0 Å². The molecule has 1 aromatic heterocycles. The lowest BCUT2D eigenvalue weighted by molar-refractivity contribution is -0.0864. The number of benzene rings is 1. The molecule has 96 valence electrons. The molecular formula is C13H16N2O2S. The summed E-state index contributed by atoms with van der Waals surface area (Å²) in [5, 5.41) is 4.49. The van der Waals surface area contributed by atoms with Gasteiger partial charge >= 0.3 is 0 Å². The highest BCUT2D eigenvalue weighted by atomic mass is 32.1. The molecule has 0 spiro atoms. The summed E-state index contributed by atoms with van der Waals surface area (Å²) in [5.74, 6) is 0. The Morgan fingerprint density at radius 1 is 1.33 bits per heavy atom. The van der Waals surface area contributed by atoms with Crippen LogP contribution in [0.1, 0.15) is 5.01 Å². The first kappa shape index (κ1) is 12.0. The molecule has 3 rings (SSSR count). The van der Waals surface area contributed by atoms with Gasteiger partial charge < -0.3 is 14.8 Å². The van der Waals surface area contributed by atoms with Crippen molar-refractivity contribution < 1.29 is 9.47 Å². The highest BCUT2D eigenvalue weighted by Gasteiger charge is 2.13. The zero-order valence-corrected chi connectivity index (χ0v) is 10.9. The van der Waals surface area contributed by atoms with Crippen LogP contribution in [-0.2, 0) is 16.0 Å². The molecule has 1 N–H and O–H groups in total. The quantitative estimate of drug-likeness (QED) is 0.914. The van der Waals surface area contributed by atoms with Crippen LogP contribution < -0.4 is 5.32 Å². The van der Waals surface area contributed by atoms with E-state index in [0.29, 0.717) is 19.8 Å². The van der Waals surface area contributed by atoms with Gasteiger partial charge in [-0.15, -0.1) is 11.3 Å². The third kappa shape index (κ3) is 2.87. The van der Waals surface area contributed by atoms with Crippen LogP contribution in [0.25, 0.3) is 10.2 Å². The zero-order chi connectivity index (χ0) is 12.2. The van der Waals surface area contributed by atoms with Crippen LogP contribution in [0.3, 0.4) is 0 Å². The summed E-state index contributed by atoms with van der Waals surface area (Å²) >= 11 is 1.74. The van der Waals surface area contributed by atoms with Gasteiger partial charge in [-0.2, -0.15) is 0 Å².